The summed E-state index contributed by atoms with van der Waals surface area (Å²) in [6, 6.07) is 5.40. The zero-order valence-electron chi connectivity index (χ0n) is 12.4. The number of carbonyl (C=O) groups excluding carboxylic acids is 2. The predicted octanol–water partition coefficient (Wildman–Crippen LogP) is 2.17. The Bertz CT molecular complexity index is 565. The number of carbonyl (C=O) groups is 2. The van der Waals surface area contributed by atoms with Gasteiger partial charge in [-0.1, -0.05) is 18.2 Å². The van der Waals surface area contributed by atoms with E-state index in [0.29, 0.717) is 5.56 Å². The fourth-order valence-electron chi connectivity index (χ4n) is 2.73. The molecule has 0 saturated carbocycles. The molecule has 0 N–H and O–H groups in total. The minimum Gasteiger partial charge on any atom is -0.468 e. The van der Waals surface area contributed by atoms with E-state index in [4.69, 9.17) is 14.2 Å². The van der Waals surface area contributed by atoms with E-state index < -0.39 is 35.4 Å². The lowest BCUT2D eigenvalue weighted by Crippen LogP contribution is -2.43. The maximum atomic E-state index is 13.1. The molecule has 1 aromatic carbocycles. The molecule has 22 heavy (non-hydrogen) atoms. The average Bonchev–Trinajstić information content (AvgIpc) is 2.95. The molecule has 1 aliphatic rings. The highest BCUT2D eigenvalue weighted by atomic mass is 19.1. The van der Waals surface area contributed by atoms with E-state index in [2.05, 4.69) is 6.58 Å². The van der Waals surface area contributed by atoms with E-state index >= 15 is 0 Å². The van der Waals surface area contributed by atoms with Gasteiger partial charge in [0.15, 0.2) is 5.41 Å². The average molecular weight is 308 g/mol. The molecule has 0 unspecified atom stereocenters. The molecule has 0 spiro atoms. The third-order valence-electron chi connectivity index (χ3n) is 3.82. The van der Waals surface area contributed by atoms with Crippen LogP contribution in [0, 0.1) is 11.2 Å². The molecule has 1 saturated heterocycles. The Kier molecular flexibility index (Phi) is 4.61. The van der Waals surface area contributed by atoms with Crippen molar-refractivity contribution in [2.24, 2.45) is 5.41 Å². The largest absolute Gasteiger partial charge is 0.468 e. The molecule has 2 atom stereocenters. The lowest BCUT2D eigenvalue weighted by atomic mass is 9.77. The summed E-state index contributed by atoms with van der Waals surface area (Å²) in [4.78, 5) is 24.7. The van der Waals surface area contributed by atoms with Crippen LogP contribution in [0.1, 0.15) is 18.1 Å². The highest BCUT2D eigenvalue weighted by Crippen LogP contribution is 2.50. The van der Waals surface area contributed by atoms with Crippen LogP contribution in [0.15, 0.2) is 36.9 Å². The van der Waals surface area contributed by atoms with Crippen molar-refractivity contribution in [3.63, 3.8) is 0 Å². The van der Waals surface area contributed by atoms with Crippen LogP contribution in [0.3, 0.4) is 0 Å². The molecule has 2 rings (SSSR count). The van der Waals surface area contributed by atoms with E-state index in [-0.39, 0.29) is 6.42 Å². The van der Waals surface area contributed by atoms with E-state index in [1.807, 2.05) is 0 Å². The normalized spacial score (nSPS) is 22.9. The van der Waals surface area contributed by atoms with Gasteiger partial charge in [-0.2, -0.15) is 0 Å². The molecule has 0 amide bonds. The number of methoxy groups -OCH3 is 2. The van der Waals surface area contributed by atoms with Gasteiger partial charge >= 0.3 is 11.9 Å². The predicted molar refractivity (Wildman–Crippen MR) is 75.3 cm³/mol. The first-order chi connectivity index (χ1) is 10.5. The number of halogens is 1. The highest BCUT2D eigenvalue weighted by Gasteiger charge is 2.61. The van der Waals surface area contributed by atoms with Gasteiger partial charge in [0.05, 0.1) is 20.3 Å². The Morgan fingerprint density at radius 1 is 1.27 bits per heavy atom. The van der Waals surface area contributed by atoms with E-state index in [1.165, 1.54) is 44.6 Å². The monoisotopic (exact) mass is 308 g/mol. The Hall–Kier alpha value is -2.21. The topological polar surface area (TPSA) is 61.8 Å². The minimum absolute atomic E-state index is 0.0535. The van der Waals surface area contributed by atoms with Gasteiger partial charge in [-0.3, -0.25) is 9.59 Å². The summed E-state index contributed by atoms with van der Waals surface area (Å²) < 4.78 is 28.5. The molecule has 1 heterocycles. The van der Waals surface area contributed by atoms with Gasteiger partial charge in [0.25, 0.3) is 0 Å². The molecule has 0 aromatic heterocycles. The van der Waals surface area contributed by atoms with Crippen molar-refractivity contribution in [3.05, 3.63) is 48.3 Å². The van der Waals surface area contributed by atoms with Crippen LogP contribution in [0.4, 0.5) is 4.39 Å². The fourth-order valence-corrected chi connectivity index (χ4v) is 2.73. The Morgan fingerprint density at radius 2 is 1.82 bits per heavy atom. The molecule has 118 valence electrons. The van der Waals surface area contributed by atoms with E-state index in [1.54, 1.807) is 0 Å². The standard InChI is InChI=1S/C16H17FO5/c1-4-12-9-16(14(18)20-2,15(19)21-3)13(22-12)10-5-7-11(17)8-6-10/h4-8,12-13H,1,9H2,2-3H3/t12-,13+/m0/s1. The van der Waals surface area contributed by atoms with Crippen molar-refractivity contribution < 1.29 is 28.2 Å². The second kappa shape index (κ2) is 6.27. The summed E-state index contributed by atoms with van der Waals surface area (Å²) in [6.45, 7) is 3.63. The molecular weight excluding hydrogens is 291 g/mol. The van der Waals surface area contributed by atoms with Gasteiger partial charge in [0.2, 0.25) is 0 Å². The summed E-state index contributed by atoms with van der Waals surface area (Å²) in [7, 11) is 2.38. The van der Waals surface area contributed by atoms with Crippen LogP contribution in [0.25, 0.3) is 0 Å². The maximum absolute atomic E-state index is 13.1. The third kappa shape index (κ3) is 2.50. The van der Waals surface area contributed by atoms with Crippen molar-refractivity contribution in [2.45, 2.75) is 18.6 Å². The first kappa shape index (κ1) is 16.2. The summed E-state index contributed by atoms with van der Waals surface area (Å²) >= 11 is 0. The number of ether oxygens (including phenoxy) is 3. The lowest BCUT2D eigenvalue weighted by Gasteiger charge is -2.28. The molecule has 1 aliphatic heterocycles. The van der Waals surface area contributed by atoms with Gasteiger partial charge in [0.1, 0.15) is 11.9 Å². The summed E-state index contributed by atoms with van der Waals surface area (Å²) in [5.74, 6) is -1.93. The van der Waals surface area contributed by atoms with Crippen LogP contribution in [-0.2, 0) is 23.8 Å². The van der Waals surface area contributed by atoms with Crippen LogP contribution < -0.4 is 0 Å². The van der Waals surface area contributed by atoms with Crippen LogP contribution in [-0.4, -0.2) is 32.3 Å². The number of hydrogen-bond acceptors (Lipinski definition) is 5. The van der Waals surface area contributed by atoms with Gasteiger partial charge in [-0.05, 0) is 17.7 Å². The second-order valence-electron chi connectivity index (χ2n) is 5.00. The lowest BCUT2D eigenvalue weighted by molar-refractivity contribution is -0.173. The van der Waals surface area contributed by atoms with Gasteiger partial charge < -0.3 is 14.2 Å². The molecule has 0 bridgehead atoms. The molecule has 0 radical (unpaired) electrons. The third-order valence-corrected chi connectivity index (χ3v) is 3.82. The molecule has 1 aromatic rings. The van der Waals surface area contributed by atoms with Gasteiger partial charge in [-0.15, -0.1) is 6.58 Å². The first-order valence-electron chi connectivity index (χ1n) is 6.70. The zero-order chi connectivity index (χ0) is 16.3. The zero-order valence-corrected chi connectivity index (χ0v) is 12.4. The van der Waals surface area contributed by atoms with Gasteiger partial charge in [-0.25, -0.2) is 4.39 Å². The van der Waals surface area contributed by atoms with Crippen molar-refractivity contribution in [1.82, 2.24) is 0 Å². The number of esters is 2. The van der Waals surface area contributed by atoms with Crippen molar-refractivity contribution in [1.29, 1.82) is 0 Å². The minimum atomic E-state index is -1.64. The summed E-state index contributed by atoms with van der Waals surface area (Å²) in [5, 5.41) is 0. The van der Waals surface area contributed by atoms with Crippen LogP contribution in [0.5, 0.6) is 0 Å². The molecule has 0 aliphatic carbocycles. The Labute approximate surface area is 127 Å². The molecule has 5 nitrogen and oxygen atoms in total. The Balaban J connectivity index is 2.55. The SMILES string of the molecule is C=C[C@H]1CC(C(=O)OC)(C(=O)OC)[C@@H](c2ccc(F)cc2)O1. The van der Waals surface area contributed by atoms with Gasteiger partial charge in [0, 0.05) is 6.42 Å². The van der Waals surface area contributed by atoms with Crippen molar-refractivity contribution in [2.75, 3.05) is 14.2 Å². The smallest absolute Gasteiger partial charge is 0.326 e. The van der Waals surface area contributed by atoms with E-state index in [9.17, 15) is 14.0 Å². The second-order valence-corrected chi connectivity index (χ2v) is 5.00. The highest BCUT2D eigenvalue weighted by molar-refractivity contribution is 6.01. The van der Waals surface area contributed by atoms with Crippen LogP contribution >= 0.6 is 0 Å². The quantitative estimate of drug-likeness (QED) is 0.485. The molecular formula is C16H17FO5. The first-order valence-corrected chi connectivity index (χ1v) is 6.70. The summed E-state index contributed by atoms with van der Waals surface area (Å²) in [5.41, 5.74) is -1.15. The number of benzene rings is 1. The Morgan fingerprint density at radius 3 is 2.27 bits per heavy atom. The number of rotatable bonds is 4. The number of hydrogen-bond donors (Lipinski definition) is 0. The van der Waals surface area contributed by atoms with E-state index in [0.717, 1.165) is 0 Å². The summed E-state index contributed by atoms with van der Waals surface area (Å²) in [6.07, 6.45) is 0.103. The molecule has 1 fully saturated rings. The maximum Gasteiger partial charge on any atom is 0.326 e. The van der Waals surface area contributed by atoms with Crippen LogP contribution in [0.2, 0.25) is 0 Å². The fraction of sp³-hybridized carbons (Fsp3) is 0.375. The van der Waals surface area contributed by atoms with Crippen molar-refractivity contribution >= 4 is 11.9 Å². The van der Waals surface area contributed by atoms with Crippen molar-refractivity contribution in [3.8, 4) is 0 Å². The molecule has 6 heteroatoms.